The standard InChI is InChI=1S/C32H46N4O/c1-30-10-7-26-19-25-3-4-27(35-17-15-34(2)16-18-35)20-31(25)11-12-32(26,37-31)28(30)5-6-29(30)36-14-9-23-8-13-33-21-24(23)22-36/h7-8,13,19,21,23-24,27-29H,3-6,9-12,14-18,20,22H2,1-2H3/t23?,24?,27-,28-,29+,30+,31-,32-/m1/s1. The van der Waals surface area contributed by atoms with Crippen molar-refractivity contribution in [2.45, 2.75) is 88.0 Å². The van der Waals surface area contributed by atoms with Crippen LogP contribution in [0.1, 0.15) is 64.7 Å². The highest BCUT2D eigenvalue weighted by Gasteiger charge is 2.67. The van der Waals surface area contributed by atoms with Crippen molar-refractivity contribution in [2.24, 2.45) is 28.2 Å². The summed E-state index contributed by atoms with van der Waals surface area (Å²) in [6.45, 7) is 9.96. The molecule has 8 atom stereocenters. The summed E-state index contributed by atoms with van der Waals surface area (Å²) in [5.74, 6) is 1.97. The third kappa shape index (κ3) is 3.39. The van der Waals surface area contributed by atoms with Gasteiger partial charge in [-0.2, -0.15) is 0 Å². The van der Waals surface area contributed by atoms with Crippen LogP contribution in [-0.2, 0) is 4.74 Å². The van der Waals surface area contributed by atoms with Crippen LogP contribution < -0.4 is 0 Å². The third-order valence-electron chi connectivity index (χ3n) is 12.5. The Morgan fingerprint density at radius 3 is 2.76 bits per heavy atom. The van der Waals surface area contributed by atoms with E-state index in [1.165, 1.54) is 97.1 Å². The zero-order chi connectivity index (χ0) is 24.8. The molecule has 0 aromatic carbocycles. The quantitative estimate of drug-likeness (QED) is 0.549. The van der Waals surface area contributed by atoms with Crippen molar-refractivity contribution in [3.05, 3.63) is 35.6 Å². The van der Waals surface area contributed by atoms with E-state index in [0.29, 0.717) is 35.3 Å². The first-order chi connectivity index (χ1) is 18.0. The molecule has 2 bridgehead atoms. The van der Waals surface area contributed by atoms with E-state index in [1.54, 1.807) is 11.1 Å². The van der Waals surface area contributed by atoms with Crippen LogP contribution in [0.25, 0.3) is 0 Å². The Morgan fingerprint density at radius 1 is 0.973 bits per heavy atom. The summed E-state index contributed by atoms with van der Waals surface area (Å²) in [5, 5.41) is 0. The smallest absolute Gasteiger partial charge is 0.0975 e. The van der Waals surface area contributed by atoms with Gasteiger partial charge in [0.2, 0.25) is 0 Å². The molecule has 37 heavy (non-hydrogen) atoms. The molecule has 2 saturated carbocycles. The Balaban J connectivity index is 1.06. The molecule has 2 spiro atoms. The SMILES string of the molecule is CN1CCN([C@@H]2CCC3=CC4=CC[C@]5(C)[C@@H](N6CCC7C=CN=CC7C6)CC[C@H]5[C@@]45CC[C@]3(C2)O5)CC1. The van der Waals surface area contributed by atoms with Gasteiger partial charge in [-0.15, -0.1) is 0 Å². The van der Waals surface area contributed by atoms with Crippen molar-refractivity contribution in [3.63, 3.8) is 0 Å². The van der Waals surface area contributed by atoms with E-state index in [0.717, 1.165) is 0 Å². The summed E-state index contributed by atoms with van der Waals surface area (Å²) in [7, 11) is 2.27. The third-order valence-corrected chi connectivity index (χ3v) is 12.5. The van der Waals surface area contributed by atoms with E-state index in [4.69, 9.17) is 4.74 Å². The molecule has 0 amide bonds. The fraction of sp³-hybridized carbons (Fsp3) is 0.781. The molecule has 8 rings (SSSR count). The number of nitrogens with zero attached hydrogens (tertiary/aromatic N) is 4. The van der Waals surface area contributed by atoms with Crippen LogP contribution in [0.3, 0.4) is 0 Å². The van der Waals surface area contributed by atoms with Gasteiger partial charge in [0.05, 0.1) is 11.2 Å². The maximum Gasteiger partial charge on any atom is 0.0975 e. The molecule has 5 nitrogen and oxygen atoms in total. The number of likely N-dealkylation sites (tertiary alicyclic amines) is 1. The van der Waals surface area contributed by atoms with Crippen molar-refractivity contribution in [1.29, 1.82) is 0 Å². The molecule has 3 saturated heterocycles. The van der Waals surface area contributed by atoms with E-state index >= 15 is 0 Å². The van der Waals surface area contributed by atoms with Crippen LogP contribution in [0.5, 0.6) is 0 Å². The predicted molar refractivity (Wildman–Crippen MR) is 149 cm³/mol. The molecular formula is C32H46N4O. The fourth-order valence-corrected chi connectivity index (χ4v) is 10.5. The van der Waals surface area contributed by atoms with E-state index in [1.807, 2.05) is 6.20 Å². The zero-order valence-electron chi connectivity index (χ0n) is 23.1. The molecule has 0 N–H and O–H groups in total. The van der Waals surface area contributed by atoms with Gasteiger partial charge < -0.3 is 9.64 Å². The van der Waals surface area contributed by atoms with Gasteiger partial charge in [-0.25, -0.2) is 0 Å². The molecule has 200 valence electrons. The second-order valence-corrected chi connectivity index (χ2v) is 14.2. The molecule has 0 aromatic heterocycles. The van der Waals surface area contributed by atoms with Crippen LogP contribution >= 0.6 is 0 Å². The Hall–Kier alpha value is -1.27. The van der Waals surface area contributed by atoms with Crippen LogP contribution in [0.2, 0.25) is 0 Å². The molecular weight excluding hydrogens is 456 g/mol. The minimum absolute atomic E-state index is 0.0170. The van der Waals surface area contributed by atoms with Crippen LogP contribution in [0.15, 0.2) is 40.6 Å². The summed E-state index contributed by atoms with van der Waals surface area (Å²) in [6.07, 6.45) is 23.4. The Labute approximate surface area is 223 Å². The molecule has 5 aliphatic heterocycles. The van der Waals surface area contributed by atoms with Crippen molar-refractivity contribution < 1.29 is 4.74 Å². The number of piperidine rings is 1. The maximum atomic E-state index is 7.60. The first kappa shape index (κ1) is 23.6. The second-order valence-electron chi connectivity index (χ2n) is 14.2. The number of fused-ring (bicyclic) bond motifs is 2. The van der Waals surface area contributed by atoms with Crippen molar-refractivity contribution in [3.8, 4) is 0 Å². The van der Waals surface area contributed by atoms with Crippen molar-refractivity contribution in [2.75, 3.05) is 46.3 Å². The van der Waals surface area contributed by atoms with Crippen molar-refractivity contribution >= 4 is 6.21 Å². The number of rotatable bonds is 2. The normalized spacial score (nSPS) is 49.6. The number of allylic oxidation sites excluding steroid dienone is 2. The van der Waals surface area contributed by atoms with Crippen LogP contribution in [-0.4, -0.2) is 90.5 Å². The highest BCUT2D eigenvalue weighted by atomic mass is 16.5. The highest BCUT2D eigenvalue weighted by Crippen LogP contribution is 2.67. The minimum atomic E-state index is -0.0252. The summed E-state index contributed by atoms with van der Waals surface area (Å²) >= 11 is 0. The average molecular weight is 503 g/mol. The summed E-state index contributed by atoms with van der Waals surface area (Å²) in [5.41, 5.74) is 3.52. The lowest BCUT2D eigenvalue weighted by atomic mass is 9.59. The Bertz CT molecular complexity index is 1070. The van der Waals surface area contributed by atoms with Gasteiger partial charge in [0, 0.05) is 63.1 Å². The summed E-state index contributed by atoms with van der Waals surface area (Å²) in [4.78, 5) is 12.7. The molecule has 0 radical (unpaired) electrons. The van der Waals surface area contributed by atoms with Crippen LogP contribution in [0.4, 0.5) is 0 Å². The van der Waals surface area contributed by atoms with Gasteiger partial charge in [0.1, 0.15) is 0 Å². The van der Waals surface area contributed by atoms with Gasteiger partial charge in [0.25, 0.3) is 0 Å². The first-order valence-electron chi connectivity index (χ1n) is 15.5. The lowest BCUT2D eigenvalue weighted by molar-refractivity contribution is -0.146. The largest absolute Gasteiger partial charge is 0.359 e. The van der Waals surface area contributed by atoms with Crippen molar-refractivity contribution in [1.82, 2.24) is 14.7 Å². The van der Waals surface area contributed by atoms with E-state index in [9.17, 15) is 0 Å². The molecule has 0 aromatic rings. The average Bonchev–Trinajstić information content (AvgIpc) is 3.43. The number of hydrogen-bond donors (Lipinski definition) is 0. The Kier molecular flexibility index (Phi) is 5.34. The topological polar surface area (TPSA) is 31.3 Å². The van der Waals surface area contributed by atoms with Gasteiger partial charge in [0.15, 0.2) is 0 Å². The summed E-state index contributed by atoms with van der Waals surface area (Å²) < 4.78 is 7.60. The molecule has 5 heteroatoms. The minimum Gasteiger partial charge on any atom is -0.359 e. The van der Waals surface area contributed by atoms with Gasteiger partial charge in [-0.1, -0.05) is 25.2 Å². The van der Waals surface area contributed by atoms with E-state index in [-0.39, 0.29) is 11.2 Å². The fourth-order valence-electron chi connectivity index (χ4n) is 10.5. The number of hydrogen-bond acceptors (Lipinski definition) is 5. The van der Waals surface area contributed by atoms with Gasteiger partial charge in [-0.05, 0) is 99.8 Å². The first-order valence-corrected chi connectivity index (χ1v) is 15.5. The van der Waals surface area contributed by atoms with Gasteiger partial charge >= 0.3 is 0 Å². The molecule has 5 heterocycles. The Morgan fingerprint density at radius 2 is 1.86 bits per heavy atom. The second kappa shape index (κ2) is 8.36. The number of aliphatic imine (C=N–C) groups is 1. The van der Waals surface area contributed by atoms with Gasteiger partial charge in [-0.3, -0.25) is 14.8 Å². The lowest BCUT2D eigenvalue weighted by Crippen LogP contribution is -2.59. The van der Waals surface area contributed by atoms with E-state index in [2.05, 4.69) is 58.1 Å². The summed E-state index contributed by atoms with van der Waals surface area (Å²) in [6, 6.07) is 1.38. The van der Waals surface area contributed by atoms with E-state index < -0.39 is 0 Å². The maximum absolute atomic E-state index is 7.60. The number of ether oxygens (including phenoxy) is 1. The molecule has 2 unspecified atom stereocenters. The number of piperazine rings is 1. The highest BCUT2D eigenvalue weighted by molar-refractivity contribution is 5.64. The predicted octanol–water partition coefficient (Wildman–Crippen LogP) is 4.67. The monoisotopic (exact) mass is 502 g/mol. The number of likely N-dealkylation sites (N-methyl/N-ethyl adjacent to an activating group) is 1. The van der Waals surface area contributed by atoms with Crippen LogP contribution in [0, 0.1) is 23.2 Å². The molecule has 8 aliphatic rings. The lowest BCUT2D eigenvalue weighted by Gasteiger charge is -2.56. The molecule has 3 aliphatic carbocycles. The molecule has 5 fully saturated rings. The zero-order valence-corrected chi connectivity index (χ0v) is 23.1.